The van der Waals surface area contributed by atoms with Crippen molar-refractivity contribution in [1.29, 1.82) is 0 Å². The second kappa shape index (κ2) is 52.8. The summed E-state index contributed by atoms with van der Waals surface area (Å²) in [5.41, 5.74) is 5.31. The number of unbranched alkanes of at least 4 members (excludes halogenated alkanes) is 5. The fraction of sp³-hybridized carbons (Fsp3) is 0.703. The van der Waals surface area contributed by atoms with Crippen molar-refractivity contribution in [3.05, 3.63) is 69.9 Å². The number of allylic oxidation sites excluding steroid dienone is 7. The van der Waals surface area contributed by atoms with E-state index in [2.05, 4.69) is 28.4 Å². The van der Waals surface area contributed by atoms with E-state index in [-0.39, 0.29) is 47.7 Å². The number of nitrogens with one attached hydrogen (secondary N) is 2. The minimum absolute atomic E-state index is 0.0147. The Bertz CT molecular complexity index is 2360. The third kappa shape index (κ3) is 38.2. The molecule has 1 aromatic carbocycles. The Kier molecular flexibility index (Phi) is 52.0. The van der Waals surface area contributed by atoms with Crippen molar-refractivity contribution in [3.63, 3.8) is 0 Å². The van der Waals surface area contributed by atoms with E-state index < -0.39 is 35.5 Å². The summed E-state index contributed by atoms with van der Waals surface area (Å²) in [6, 6.07) is -0.0655. The van der Waals surface area contributed by atoms with Crippen LogP contribution in [-0.2, 0) is 47.8 Å². The van der Waals surface area contributed by atoms with Gasteiger partial charge >= 0.3 is 5.97 Å². The number of benzene rings is 1. The van der Waals surface area contributed by atoms with Crippen molar-refractivity contribution >= 4 is 58.9 Å². The van der Waals surface area contributed by atoms with Gasteiger partial charge in [-0.25, -0.2) is 4.79 Å². The molecule has 5 N–H and O–H groups in total. The predicted molar refractivity (Wildman–Crippen MR) is 371 cm³/mol. The molecule has 0 radical (unpaired) electrons. The number of rotatable bonds is 34. The molecule has 0 aromatic heterocycles. The number of ether oxygens (including phenoxy) is 3. The summed E-state index contributed by atoms with van der Waals surface area (Å²) >= 11 is 0. The summed E-state index contributed by atoms with van der Waals surface area (Å²) in [5, 5.41) is 36.9. The smallest absolute Gasteiger partial charge is 0.338 e. The molecule has 0 bridgehead atoms. The van der Waals surface area contributed by atoms with Crippen molar-refractivity contribution in [2.75, 3.05) is 37.0 Å². The molecule has 1 saturated carbocycles. The number of aliphatic hydroxyl groups is 3. The molecule has 5 atom stereocenters. The molecule has 2 fully saturated rings. The van der Waals surface area contributed by atoms with E-state index >= 15 is 0 Å². The fourth-order valence-electron chi connectivity index (χ4n) is 10.1. The lowest BCUT2D eigenvalue weighted by Crippen LogP contribution is -2.55. The van der Waals surface area contributed by atoms with Gasteiger partial charge in [0, 0.05) is 68.6 Å². The largest absolute Gasteiger partial charge is 0.468 e. The van der Waals surface area contributed by atoms with Crippen molar-refractivity contribution in [1.82, 2.24) is 4.90 Å². The first kappa shape index (κ1) is 89.6. The average Bonchev–Trinajstić information content (AvgIpc) is 0.837. The second-order valence-electron chi connectivity index (χ2n) is 24.1. The third-order valence-corrected chi connectivity index (χ3v) is 15.8. The normalized spacial score (nSPS) is 15.6. The van der Waals surface area contributed by atoms with Crippen LogP contribution in [0.5, 0.6) is 0 Å². The van der Waals surface area contributed by atoms with Crippen LogP contribution in [0.4, 0.5) is 11.4 Å². The van der Waals surface area contributed by atoms with E-state index in [1.54, 1.807) is 40.7 Å². The molecule has 1 heterocycles. The van der Waals surface area contributed by atoms with Gasteiger partial charge in [-0.3, -0.25) is 33.6 Å². The summed E-state index contributed by atoms with van der Waals surface area (Å²) in [6.07, 6.45) is 29.5. The van der Waals surface area contributed by atoms with Crippen LogP contribution in [0.1, 0.15) is 273 Å². The van der Waals surface area contributed by atoms with Gasteiger partial charge in [0.2, 0.25) is 17.6 Å². The Labute approximate surface area is 550 Å². The number of carbonyl (C=O) groups is 8. The summed E-state index contributed by atoms with van der Waals surface area (Å²) in [6.45, 7) is 39.3. The Morgan fingerprint density at radius 1 is 0.681 bits per heavy atom. The highest BCUT2D eigenvalue weighted by atomic mass is 16.5. The van der Waals surface area contributed by atoms with Gasteiger partial charge in [-0.05, 0) is 160 Å². The highest BCUT2D eigenvalue weighted by Gasteiger charge is 2.45. The summed E-state index contributed by atoms with van der Waals surface area (Å²) in [4.78, 5) is 96.4. The standard InChI is InChI=1S/C37H59NO7.C26H40N2O5.C5H10O2.3C2H6/c1-26(18-12-9-8-10-14-20-27(2)33(40)25-34(41)29(4)24-28(3)32(7)39)19-13-11-15-21-30(5)37(44,45)35(42)36(43)38-23-17-16-22-31(38)6;1-17-23(18(2)25(28-21(5)30)19(3)24(17)27-20(4)29)26(31)33-16-12-7-6-11-15-32-22-13-9-8-10-14-22;1-5(2)3-7-4-6;3*1-2/h8-10,12,18,24,27-28,30-31,34,41,44-45H,11,13-17,19-23,25H2,1-7H3;22H,6-16H2,1-5H3,(H,27,29)(H,28,30);4-5H,3H2,1-2H3;3*1-2H3/b10-8+,12-9+,26-18+,29-24+;;;;;/t27?,28-,30?,31?,34?;;;;;/m1...../s1. The second-order valence-corrected chi connectivity index (χ2v) is 24.1. The molecule has 1 aliphatic heterocycles. The quantitative estimate of drug-likeness (QED) is 0.00819. The van der Waals surface area contributed by atoms with Crippen LogP contribution in [0.2, 0.25) is 0 Å². The van der Waals surface area contributed by atoms with Crippen LogP contribution in [0.25, 0.3) is 0 Å². The number of nitrogens with zero attached hydrogens (tertiary/aromatic N) is 1. The summed E-state index contributed by atoms with van der Waals surface area (Å²) in [7, 11) is 0. The van der Waals surface area contributed by atoms with Crippen molar-refractivity contribution in [2.45, 2.75) is 291 Å². The zero-order valence-electron chi connectivity index (χ0n) is 60.3. The summed E-state index contributed by atoms with van der Waals surface area (Å²) < 4.78 is 15.9. The Hall–Kier alpha value is -5.62. The maximum Gasteiger partial charge on any atom is 0.338 e. The van der Waals surface area contributed by atoms with Gasteiger partial charge in [0.05, 0.1) is 31.0 Å². The molecule has 0 spiro atoms. The molecular weight excluding hydrogens is 1150 g/mol. The molecule has 17 heteroatoms. The minimum atomic E-state index is -2.65. The number of likely N-dealkylation sites (tertiary alicyclic amines) is 1. The van der Waals surface area contributed by atoms with Crippen molar-refractivity contribution in [2.24, 2.45) is 23.7 Å². The first-order chi connectivity index (χ1) is 43.1. The molecule has 17 nitrogen and oxygen atoms in total. The van der Waals surface area contributed by atoms with Crippen LogP contribution >= 0.6 is 0 Å². The van der Waals surface area contributed by atoms with Gasteiger partial charge < -0.3 is 45.1 Å². The van der Waals surface area contributed by atoms with Crippen LogP contribution in [0, 0.1) is 44.4 Å². The lowest BCUT2D eigenvalue weighted by Gasteiger charge is -2.35. The van der Waals surface area contributed by atoms with Gasteiger partial charge in [-0.1, -0.05) is 157 Å². The topological polar surface area (TPSA) is 252 Å². The van der Waals surface area contributed by atoms with Crippen molar-refractivity contribution in [3.8, 4) is 0 Å². The maximum atomic E-state index is 12.9. The van der Waals surface area contributed by atoms with Gasteiger partial charge in [-0.15, -0.1) is 0 Å². The SMILES string of the molecule is CC.CC.CC.CC(=O)Nc1c(C)c(NC(C)=O)c(C)c(C(=O)OCCCCCCOC2CCCCC2)c1C.CC(=O)[C@H](C)/C=C(\C)C(O)CC(=O)C(C)CC/C=C/C=C/C=C(\C)CCCCCC(C)C(O)(O)C(=O)C(=O)N1CCCCC1C.CC(C)COC=O. The molecule has 2 aliphatic rings. The van der Waals surface area contributed by atoms with Crippen LogP contribution < -0.4 is 10.6 Å². The maximum absolute atomic E-state index is 12.9. The number of piperidine rings is 1. The number of ketones is 3. The molecule has 91 heavy (non-hydrogen) atoms. The van der Waals surface area contributed by atoms with E-state index in [4.69, 9.17) is 9.47 Å². The number of anilines is 2. The monoisotopic (exact) mass is 1280 g/mol. The van der Waals surface area contributed by atoms with E-state index in [1.165, 1.54) is 63.3 Å². The van der Waals surface area contributed by atoms with Gasteiger partial charge in [0.15, 0.2) is 0 Å². The van der Waals surface area contributed by atoms with E-state index in [0.29, 0.717) is 90.3 Å². The number of esters is 1. The molecule has 3 amide bonds. The zero-order valence-corrected chi connectivity index (χ0v) is 60.3. The first-order valence-electron chi connectivity index (χ1n) is 34.3. The molecule has 1 aromatic rings. The van der Waals surface area contributed by atoms with Gasteiger partial charge in [-0.2, -0.15) is 0 Å². The molecular formula is C74H127N3O14. The zero-order chi connectivity index (χ0) is 70.2. The Balaban J connectivity index is -0.00000147. The lowest BCUT2D eigenvalue weighted by molar-refractivity contribution is -0.205. The number of amides is 3. The number of hydrogen-bond acceptors (Lipinski definition) is 14. The molecule has 4 unspecified atom stereocenters. The van der Waals surface area contributed by atoms with E-state index in [9.17, 15) is 53.7 Å². The van der Waals surface area contributed by atoms with Crippen LogP contribution in [0.15, 0.2) is 47.6 Å². The number of Topliss-reactive ketones (excluding diaryl/α,β-unsaturated/α-hetero) is 3. The highest BCUT2D eigenvalue weighted by molar-refractivity contribution is 6.38. The highest BCUT2D eigenvalue weighted by Crippen LogP contribution is 2.36. The average molecular weight is 1280 g/mol. The van der Waals surface area contributed by atoms with Crippen LogP contribution in [0.3, 0.4) is 0 Å². The van der Waals surface area contributed by atoms with E-state index in [0.717, 1.165) is 83.7 Å². The van der Waals surface area contributed by atoms with E-state index in [1.807, 2.05) is 100 Å². The summed E-state index contributed by atoms with van der Waals surface area (Å²) in [5.74, 6) is -6.17. The van der Waals surface area contributed by atoms with Crippen molar-refractivity contribution < 1.29 is 67.9 Å². The molecule has 3 rings (SSSR count). The van der Waals surface area contributed by atoms with Gasteiger partial charge in [0.25, 0.3) is 18.2 Å². The number of carbonyl (C=O) groups excluding carboxylic acids is 8. The Morgan fingerprint density at radius 3 is 1.75 bits per heavy atom. The predicted octanol–water partition coefficient (Wildman–Crippen LogP) is 15.7. The fourth-order valence-corrected chi connectivity index (χ4v) is 10.1. The first-order valence-corrected chi connectivity index (χ1v) is 34.3. The number of hydrogen-bond donors (Lipinski definition) is 5. The molecule has 1 aliphatic carbocycles. The third-order valence-electron chi connectivity index (χ3n) is 15.8. The molecule has 522 valence electrons. The molecule has 1 saturated heterocycles. The van der Waals surface area contributed by atoms with Gasteiger partial charge in [0.1, 0.15) is 11.6 Å². The number of aliphatic hydroxyl groups excluding tert-OH is 1. The Morgan fingerprint density at radius 2 is 1.23 bits per heavy atom. The van der Waals surface area contributed by atoms with Crippen LogP contribution in [-0.4, -0.2) is 118 Å². The minimum Gasteiger partial charge on any atom is -0.468 e. The lowest BCUT2D eigenvalue weighted by atomic mass is 9.89.